The summed E-state index contributed by atoms with van der Waals surface area (Å²) in [6.07, 6.45) is 6.72. The number of allylic oxidation sites excluding steroid dienone is 1. The lowest BCUT2D eigenvalue weighted by Crippen LogP contribution is -2.25. The number of nitrogens with one attached hydrogen (secondary N) is 2. The lowest BCUT2D eigenvalue weighted by atomic mass is 10.1. The quantitative estimate of drug-likeness (QED) is 0.299. The van der Waals surface area contributed by atoms with Crippen LogP contribution in [0, 0.1) is 0 Å². The van der Waals surface area contributed by atoms with Crippen molar-refractivity contribution in [1.82, 2.24) is 25.6 Å². The summed E-state index contributed by atoms with van der Waals surface area (Å²) in [7, 11) is 0. The molecular formula is C26H31N5O3. The number of hydrogen-bond donors (Lipinski definition) is 2. The highest BCUT2D eigenvalue weighted by molar-refractivity contribution is 5.95. The van der Waals surface area contributed by atoms with Crippen molar-refractivity contribution in [2.45, 2.75) is 32.6 Å². The van der Waals surface area contributed by atoms with Gasteiger partial charge in [0, 0.05) is 18.7 Å². The molecule has 0 saturated carbocycles. The monoisotopic (exact) mass is 461 g/mol. The third kappa shape index (κ3) is 7.03. The molecule has 3 rings (SSSR count). The second-order valence-corrected chi connectivity index (χ2v) is 7.71. The van der Waals surface area contributed by atoms with Crippen LogP contribution in [-0.2, 0) is 6.42 Å². The minimum absolute atomic E-state index is 0.181. The Morgan fingerprint density at radius 2 is 1.91 bits per heavy atom. The third-order valence-electron chi connectivity index (χ3n) is 5.11. The van der Waals surface area contributed by atoms with Gasteiger partial charge in [-0.1, -0.05) is 41.6 Å². The van der Waals surface area contributed by atoms with Gasteiger partial charge >= 0.3 is 0 Å². The van der Waals surface area contributed by atoms with E-state index < -0.39 is 0 Å². The van der Waals surface area contributed by atoms with Crippen LogP contribution in [0.15, 0.2) is 67.4 Å². The third-order valence-corrected chi connectivity index (χ3v) is 5.11. The minimum atomic E-state index is -0.285. The molecule has 1 heterocycles. The van der Waals surface area contributed by atoms with E-state index in [-0.39, 0.29) is 17.5 Å². The van der Waals surface area contributed by atoms with Gasteiger partial charge in [-0.2, -0.15) is 0 Å². The highest BCUT2D eigenvalue weighted by Gasteiger charge is 2.16. The van der Waals surface area contributed by atoms with Crippen molar-refractivity contribution in [3.8, 4) is 11.4 Å². The fourth-order valence-corrected chi connectivity index (χ4v) is 3.35. The van der Waals surface area contributed by atoms with Gasteiger partial charge in [-0.15, -0.1) is 11.7 Å². The summed E-state index contributed by atoms with van der Waals surface area (Å²) in [5.41, 5.74) is 2.53. The van der Waals surface area contributed by atoms with E-state index >= 15 is 0 Å². The molecule has 0 atom stereocenters. The standard InChI is InChI=1S/C26H31N5O3/c1-3-5-9-17-34-24-18-21(25(32)27-4-2)14-15-23(24)31-19-22(29-30-31)26(33)28-16-10-13-20-11-7-6-8-12-20/h3,6-8,11-12,14-15,18-19H,1,4-5,9-10,13,16-17H2,2H3,(H,27,32)(H,28,33). The first-order valence-corrected chi connectivity index (χ1v) is 11.5. The largest absolute Gasteiger partial charge is 0.491 e. The number of aromatic nitrogens is 3. The van der Waals surface area contributed by atoms with E-state index in [4.69, 9.17) is 4.74 Å². The molecule has 8 heteroatoms. The molecule has 34 heavy (non-hydrogen) atoms. The van der Waals surface area contributed by atoms with Crippen LogP contribution in [-0.4, -0.2) is 46.5 Å². The van der Waals surface area contributed by atoms with E-state index in [1.165, 1.54) is 10.2 Å². The average molecular weight is 462 g/mol. The van der Waals surface area contributed by atoms with Crippen LogP contribution >= 0.6 is 0 Å². The zero-order valence-corrected chi connectivity index (χ0v) is 19.5. The van der Waals surface area contributed by atoms with E-state index in [0.717, 1.165) is 25.7 Å². The zero-order chi connectivity index (χ0) is 24.2. The van der Waals surface area contributed by atoms with Gasteiger partial charge in [-0.3, -0.25) is 9.59 Å². The van der Waals surface area contributed by atoms with Crippen molar-refractivity contribution < 1.29 is 14.3 Å². The van der Waals surface area contributed by atoms with E-state index in [1.54, 1.807) is 24.4 Å². The van der Waals surface area contributed by atoms with E-state index in [9.17, 15) is 9.59 Å². The maximum Gasteiger partial charge on any atom is 0.273 e. The van der Waals surface area contributed by atoms with Crippen LogP contribution < -0.4 is 15.4 Å². The Balaban J connectivity index is 1.67. The summed E-state index contributed by atoms with van der Waals surface area (Å²) in [6, 6.07) is 15.3. The predicted molar refractivity (Wildman–Crippen MR) is 131 cm³/mol. The van der Waals surface area contributed by atoms with Crippen molar-refractivity contribution in [2.75, 3.05) is 19.7 Å². The molecule has 2 aromatic carbocycles. The van der Waals surface area contributed by atoms with Crippen LogP contribution in [0.1, 0.15) is 52.6 Å². The number of benzene rings is 2. The van der Waals surface area contributed by atoms with Gasteiger partial charge < -0.3 is 15.4 Å². The molecule has 2 N–H and O–H groups in total. The topological polar surface area (TPSA) is 98.1 Å². The first-order chi connectivity index (χ1) is 16.6. The second-order valence-electron chi connectivity index (χ2n) is 7.71. The van der Waals surface area contributed by atoms with Gasteiger partial charge in [-0.25, -0.2) is 4.68 Å². The molecule has 0 aliphatic heterocycles. The van der Waals surface area contributed by atoms with Gasteiger partial charge in [0.25, 0.3) is 11.8 Å². The molecule has 0 bridgehead atoms. The van der Waals surface area contributed by atoms with E-state index in [1.807, 2.05) is 31.2 Å². The van der Waals surface area contributed by atoms with E-state index in [0.29, 0.717) is 36.7 Å². The van der Waals surface area contributed by atoms with Crippen LogP contribution in [0.2, 0.25) is 0 Å². The molecular weight excluding hydrogens is 430 g/mol. The molecule has 0 spiro atoms. The molecule has 178 valence electrons. The van der Waals surface area contributed by atoms with Crippen molar-refractivity contribution >= 4 is 11.8 Å². The smallest absolute Gasteiger partial charge is 0.273 e. The number of aryl methyl sites for hydroxylation is 1. The number of amides is 2. The Morgan fingerprint density at radius 3 is 2.68 bits per heavy atom. The molecule has 8 nitrogen and oxygen atoms in total. The Morgan fingerprint density at radius 1 is 1.09 bits per heavy atom. The second kappa shape index (κ2) is 12.9. The van der Waals surface area contributed by atoms with Crippen LogP contribution in [0.5, 0.6) is 5.75 Å². The van der Waals surface area contributed by atoms with Gasteiger partial charge in [0.2, 0.25) is 0 Å². The molecule has 0 aliphatic carbocycles. The summed E-state index contributed by atoms with van der Waals surface area (Å²) in [5.74, 6) is 0.0263. The van der Waals surface area contributed by atoms with Crippen LogP contribution in [0.3, 0.4) is 0 Å². The van der Waals surface area contributed by atoms with Crippen molar-refractivity contribution in [2.24, 2.45) is 0 Å². The summed E-state index contributed by atoms with van der Waals surface area (Å²) < 4.78 is 7.43. The highest BCUT2D eigenvalue weighted by atomic mass is 16.5. The Kier molecular flexibility index (Phi) is 9.40. The summed E-state index contributed by atoms with van der Waals surface area (Å²) in [6.45, 7) is 7.12. The van der Waals surface area contributed by atoms with Gasteiger partial charge in [0.05, 0.1) is 12.8 Å². The molecule has 3 aromatic rings. The van der Waals surface area contributed by atoms with Crippen molar-refractivity contribution in [3.63, 3.8) is 0 Å². The van der Waals surface area contributed by atoms with E-state index in [2.05, 4.69) is 39.7 Å². The van der Waals surface area contributed by atoms with Crippen molar-refractivity contribution in [3.05, 3.63) is 84.2 Å². The maximum atomic E-state index is 12.5. The first kappa shape index (κ1) is 24.7. The first-order valence-electron chi connectivity index (χ1n) is 11.5. The predicted octanol–water partition coefficient (Wildman–Crippen LogP) is 3.72. The van der Waals surface area contributed by atoms with Gasteiger partial charge in [-0.05, 0) is 56.4 Å². The van der Waals surface area contributed by atoms with Gasteiger partial charge in [0.15, 0.2) is 5.69 Å². The number of carbonyl (C=O) groups excluding carboxylic acids is 2. The van der Waals surface area contributed by atoms with Crippen LogP contribution in [0.25, 0.3) is 5.69 Å². The molecule has 0 fully saturated rings. The Bertz CT molecular complexity index is 1090. The number of carbonyl (C=O) groups is 2. The molecule has 0 aliphatic rings. The fraction of sp³-hybridized carbons (Fsp3) is 0.308. The normalized spacial score (nSPS) is 10.5. The minimum Gasteiger partial charge on any atom is -0.491 e. The SMILES string of the molecule is C=CCCCOc1cc(C(=O)NCC)ccc1-n1cc(C(=O)NCCCc2ccccc2)nn1. The summed E-state index contributed by atoms with van der Waals surface area (Å²) >= 11 is 0. The lowest BCUT2D eigenvalue weighted by Gasteiger charge is -2.12. The van der Waals surface area contributed by atoms with Crippen LogP contribution in [0.4, 0.5) is 0 Å². The molecule has 0 unspecified atom stereocenters. The molecule has 2 amide bonds. The Hall–Kier alpha value is -3.94. The Labute approximate surface area is 200 Å². The number of rotatable bonds is 13. The molecule has 1 aromatic heterocycles. The fourth-order valence-electron chi connectivity index (χ4n) is 3.35. The highest BCUT2D eigenvalue weighted by Crippen LogP contribution is 2.25. The average Bonchev–Trinajstić information content (AvgIpc) is 3.35. The summed E-state index contributed by atoms with van der Waals surface area (Å²) in [5, 5.41) is 13.8. The number of hydrogen-bond acceptors (Lipinski definition) is 5. The summed E-state index contributed by atoms with van der Waals surface area (Å²) in [4.78, 5) is 24.8. The molecule has 0 radical (unpaired) electrons. The van der Waals surface area contributed by atoms with Gasteiger partial charge in [0.1, 0.15) is 11.4 Å². The lowest BCUT2D eigenvalue weighted by molar-refractivity contribution is 0.0943. The number of unbranched alkanes of at least 4 members (excludes halogenated alkanes) is 1. The maximum absolute atomic E-state index is 12.5. The van der Waals surface area contributed by atoms with Crippen molar-refractivity contribution in [1.29, 1.82) is 0 Å². The number of nitrogens with zero attached hydrogens (tertiary/aromatic N) is 3. The molecule has 0 saturated heterocycles. The number of ether oxygens (including phenoxy) is 1. The zero-order valence-electron chi connectivity index (χ0n) is 19.5.